The Morgan fingerprint density at radius 2 is 2.06 bits per heavy atom. The number of ether oxygens (including phenoxy) is 1. The highest BCUT2D eigenvalue weighted by molar-refractivity contribution is 5.64. The van der Waals surface area contributed by atoms with Crippen molar-refractivity contribution in [3.05, 3.63) is 54.8 Å². The largest absolute Gasteiger partial charge is 0.497 e. The molecule has 1 aromatic carbocycles. The molecule has 0 aliphatic heterocycles. The standard InChI is InChI=1S/C15H20O/c1-3-5-9-15(13-16-12-4-2)14-10-7-6-8-11-14/h4,6-8,10-11,13H,2-3,5,9,12H2,1H3/b15-13-. The molecule has 1 nitrogen and oxygen atoms in total. The Bertz CT molecular complexity index is 325. The van der Waals surface area contributed by atoms with E-state index in [1.165, 1.54) is 24.0 Å². The van der Waals surface area contributed by atoms with Crippen molar-refractivity contribution in [2.24, 2.45) is 0 Å². The maximum Gasteiger partial charge on any atom is 0.105 e. The van der Waals surface area contributed by atoms with Crippen molar-refractivity contribution in [3.63, 3.8) is 0 Å². The van der Waals surface area contributed by atoms with Crippen LogP contribution in [0, 0.1) is 0 Å². The summed E-state index contributed by atoms with van der Waals surface area (Å²) in [6, 6.07) is 10.4. The van der Waals surface area contributed by atoms with E-state index in [0.717, 1.165) is 6.42 Å². The number of hydrogen-bond acceptors (Lipinski definition) is 1. The van der Waals surface area contributed by atoms with Gasteiger partial charge in [0.05, 0.1) is 6.26 Å². The van der Waals surface area contributed by atoms with Crippen molar-refractivity contribution in [3.8, 4) is 0 Å². The molecule has 0 aromatic heterocycles. The van der Waals surface area contributed by atoms with E-state index < -0.39 is 0 Å². The van der Waals surface area contributed by atoms with Gasteiger partial charge >= 0.3 is 0 Å². The molecular weight excluding hydrogens is 196 g/mol. The van der Waals surface area contributed by atoms with Crippen LogP contribution in [0.4, 0.5) is 0 Å². The minimum Gasteiger partial charge on any atom is -0.497 e. The van der Waals surface area contributed by atoms with Gasteiger partial charge in [-0.2, -0.15) is 0 Å². The van der Waals surface area contributed by atoms with Crippen molar-refractivity contribution in [2.45, 2.75) is 26.2 Å². The normalized spacial score (nSPS) is 11.2. The highest BCUT2D eigenvalue weighted by Gasteiger charge is 2.00. The monoisotopic (exact) mass is 216 g/mol. The second-order valence-corrected chi connectivity index (χ2v) is 3.73. The van der Waals surface area contributed by atoms with Crippen LogP contribution in [0.5, 0.6) is 0 Å². The van der Waals surface area contributed by atoms with Crippen LogP contribution in [0.2, 0.25) is 0 Å². The van der Waals surface area contributed by atoms with E-state index in [9.17, 15) is 0 Å². The average molecular weight is 216 g/mol. The summed E-state index contributed by atoms with van der Waals surface area (Å²) in [6.07, 6.45) is 7.09. The van der Waals surface area contributed by atoms with Crippen LogP contribution in [-0.2, 0) is 4.74 Å². The first kappa shape index (κ1) is 12.6. The summed E-state index contributed by atoms with van der Waals surface area (Å²) >= 11 is 0. The Kier molecular flexibility index (Phi) is 6.09. The fourth-order valence-electron chi connectivity index (χ4n) is 1.51. The molecule has 0 unspecified atom stereocenters. The van der Waals surface area contributed by atoms with Crippen molar-refractivity contribution in [2.75, 3.05) is 6.61 Å². The molecule has 0 N–H and O–H groups in total. The maximum atomic E-state index is 5.42. The van der Waals surface area contributed by atoms with Crippen molar-refractivity contribution >= 4 is 5.57 Å². The molecule has 86 valence electrons. The predicted octanol–water partition coefficient (Wildman–Crippen LogP) is 4.42. The number of unbranched alkanes of at least 4 members (excludes halogenated alkanes) is 1. The molecule has 0 saturated carbocycles. The van der Waals surface area contributed by atoms with Crippen molar-refractivity contribution in [1.29, 1.82) is 0 Å². The van der Waals surface area contributed by atoms with Gasteiger partial charge in [-0.3, -0.25) is 0 Å². The molecule has 1 heteroatoms. The van der Waals surface area contributed by atoms with E-state index >= 15 is 0 Å². The van der Waals surface area contributed by atoms with Crippen LogP contribution in [0.15, 0.2) is 49.2 Å². The molecule has 0 bridgehead atoms. The Hall–Kier alpha value is -1.50. The van der Waals surface area contributed by atoms with Gasteiger partial charge in [0.1, 0.15) is 6.61 Å². The smallest absolute Gasteiger partial charge is 0.105 e. The molecular formula is C15H20O. The van der Waals surface area contributed by atoms with E-state index in [1.807, 2.05) is 12.3 Å². The third kappa shape index (κ3) is 4.35. The second kappa shape index (κ2) is 7.75. The molecule has 0 spiro atoms. The van der Waals surface area contributed by atoms with Gasteiger partial charge < -0.3 is 4.74 Å². The van der Waals surface area contributed by atoms with Crippen LogP contribution in [-0.4, -0.2) is 6.61 Å². The van der Waals surface area contributed by atoms with Gasteiger partial charge in [0.2, 0.25) is 0 Å². The van der Waals surface area contributed by atoms with Crippen LogP contribution >= 0.6 is 0 Å². The lowest BCUT2D eigenvalue weighted by Crippen LogP contribution is -1.88. The summed E-state index contributed by atoms with van der Waals surface area (Å²) in [5.74, 6) is 0. The minimum absolute atomic E-state index is 0.572. The molecule has 0 radical (unpaired) electrons. The number of rotatable bonds is 7. The summed E-state index contributed by atoms with van der Waals surface area (Å²) < 4.78 is 5.42. The van der Waals surface area contributed by atoms with E-state index in [-0.39, 0.29) is 0 Å². The summed E-state index contributed by atoms with van der Waals surface area (Å²) in [6.45, 7) is 6.41. The first-order valence-electron chi connectivity index (χ1n) is 5.85. The third-order valence-corrected chi connectivity index (χ3v) is 2.38. The van der Waals surface area contributed by atoms with E-state index in [2.05, 4.69) is 37.8 Å². The Balaban J connectivity index is 2.70. The zero-order chi connectivity index (χ0) is 11.6. The highest BCUT2D eigenvalue weighted by atomic mass is 16.5. The minimum atomic E-state index is 0.572. The SMILES string of the molecule is C=CCO/C=C(/CCCC)c1ccccc1. The van der Waals surface area contributed by atoms with Gasteiger partial charge in [-0.25, -0.2) is 0 Å². The average Bonchev–Trinajstić information content (AvgIpc) is 2.35. The van der Waals surface area contributed by atoms with Crippen LogP contribution in [0.3, 0.4) is 0 Å². The number of benzene rings is 1. The lowest BCUT2D eigenvalue weighted by atomic mass is 10.0. The first-order valence-corrected chi connectivity index (χ1v) is 5.85. The zero-order valence-electron chi connectivity index (χ0n) is 9.99. The quantitative estimate of drug-likeness (QED) is 0.372. The molecule has 0 saturated heterocycles. The molecule has 0 amide bonds. The summed E-state index contributed by atoms with van der Waals surface area (Å²) in [5, 5.41) is 0. The van der Waals surface area contributed by atoms with Crippen LogP contribution in [0.25, 0.3) is 5.57 Å². The molecule has 0 atom stereocenters. The molecule has 16 heavy (non-hydrogen) atoms. The van der Waals surface area contributed by atoms with Gasteiger partial charge in [0.15, 0.2) is 0 Å². The Morgan fingerprint density at radius 3 is 2.69 bits per heavy atom. The zero-order valence-corrected chi connectivity index (χ0v) is 9.99. The predicted molar refractivity (Wildman–Crippen MR) is 70.1 cm³/mol. The van der Waals surface area contributed by atoms with Gasteiger partial charge in [0, 0.05) is 0 Å². The molecule has 1 aromatic rings. The van der Waals surface area contributed by atoms with Crippen molar-refractivity contribution < 1.29 is 4.74 Å². The van der Waals surface area contributed by atoms with Gasteiger partial charge in [-0.15, -0.1) is 0 Å². The topological polar surface area (TPSA) is 9.23 Å². The van der Waals surface area contributed by atoms with Crippen LogP contribution in [0.1, 0.15) is 31.7 Å². The van der Waals surface area contributed by atoms with Gasteiger partial charge in [-0.1, -0.05) is 56.3 Å². The van der Waals surface area contributed by atoms with Crippen LogP contribution < -0.4 is 0 Å². The summed E-state index contributed by atoms with van der Waals surface area (Å²) in [5.41, 5.74) is 2.52. The fourth-order valence-corrected chi connectivity index (χ4v) is 1.51. The molecule has 1 rings (SSSR count). The molecule has 0 fully saturated rings. The Labute approximate surface area is 98.5 Å². The first-order chi connectivity index (χ1) is 7.88. The number of hydrogen-bond donors (Lipinski definition) is 0. The molecule has 0 heterocycles. The Morgan fingerprint density at radius 1 is 1.31 bits per heavy atom. The third-order valence-electron chi connectivity index (χ3n) is 2.38. The summed E-state index contributed by atoms with van der Waals surface area (Å²) in [7, 11) is 0. The van der Waals surface area contributed by atoms with E-state index in [0.29, 0.717) is 6.61 Å². The van der Waals surface area contributed by atoms with E-state index in [4.69, 9.17) is 4.74 Å². The highest BCUT2D eigenvalue weighted by Crippen LogP contribution is 2.20. The lowest BCUT2D eigenvalue weighted by Gasteiger charge is -2.07. The maximum absolute atomic E-state index is 5.42. The molecule has 0 aliphatic carbocycles. The van der Waals surface area contributed by atoms with Gasteiger partial charge in [0.25, 0.3) is 0 Å². The van der Waals surface area contributed by atoms with Gasteiger partial charge in [-0.05, 0) is 24.0 Å². The van der Waals surface area contributed by atoms with Crippen molar-refractivity contribution in [1.82, 2.24) is 0 Å². The van der Waals surface area contributed by atoms with E-state index in [1.54, 1.807) is 6.08 Å². The number of allylic oxidation sites excluding steroid dienone is 1. The second-order valence-electron chi connectivity index (χ2n) is 3.73. The molecule has 0 aliphatic rings. The fraction of sp³-hybridized carbons (Fsp3) is 0.333. The summed E-state index contributed by atoms with van der Waals surface area (Å²) in [4.78, 5) is 0. The lowest BCUT2D eigenvalue weighted by molar-refractivity contribution is 0.290.